The van der Waals surface area contributed by atoms with E-state index in [0.29, 0.717) is 34.3 Å². The first-order valence-electron chi connectivity index (χ1n) is 20.1. The van der Waals surface area contributed by atoms with Crippen molar-refractivity contribution in [3.63, 3.8) is 0 Å². The van der Waals surface area contributed by atoms with E-state index in [1.54, 1.807) is 35.6 Å². The van der Waals surface area contributed by atoms with Gasteiger partial charge in [0.2, 0.25) is 29.5 Å². The molecule has 6 rings (SSSR count). The van der Waals surface area contributed by atoms with Gasteiger partial charge in [-0.15, -0.1) is 21.5 Å². The molecule has 5 amide bonds. The van der Waals surface area contributed by atoms with Gasteiger partial charge >= 0.3 is 0 Å². The maximum atomic E-state index is 14.0. The summed E-state index contributed by atoms with van der Waals surface area (Å²) in [5.41, 5.74) is 4.86. The van der Waals surface area contributed by atoms with E-state index in [9.17, 15) is 24.0 Å². The molecular weight excluding hydrogens is 776 g/mol. The smallest absolute Gasteiger partial charge is 0.249 e. The maximum Gasteiger partial charge on any atom is 0.249 e. The van der Waals surface area contributed by atoms with Crippen molar-refractivity contribution >= 4 is 63.9 Å². The number of piperidine rings is 1. The number of aromatic nitrogens is 3. The summed E-state index contributed by atoms with van der Waals surface area (Å²) in [6, 6.07) is 12.1. The third kappa shape index (κ3) is 10.4. The number of hydrogen-bond donors (Lipinski definition) is 4. The molecule has 4 heterocycles. The van der Waals surface area contributed by atoms with Gasteiger partial charge in [-0.3, -0.25) is 38.8 Å². The Morgan fingerprint density at radius 1 is 0.931 bits per heavy atom. The van der Waals surface area contributed by atoms with Gasteiger partial charge in [0.05, 0.1) is 18.6 Å². The Morgan fingerprint density at radius 3 is 2.34 bits per heavy atom. The van der Waals surface area contributed by atoms with Crippen LogP contribution in [0.1, 0.15) is 122 Å². The lowest BCUT2D eigenvalue weighted by Gasteiger charge is -2.21. The highest BCUT2D eigenvalue weighted by atomic mass is 35.5. The fourth-order valence-corrected chi connectivity index (χ4v) is 8.67. The summed E-state index contributed by atoms with van der Waals surface area (Å²) in [6.07, 6.45) is 8.30. The number of imide groups is 1. The highest BCUT2D eigenvalue weighted by molar-refractivity contribution is 7.15. The van der Waals surface area contributed by atoms with Gasteiger partial charge in [0.1, 0.15) is 29.0 Å². The molecule has 2 aliphatic heterocycles. The monoisotopic (exact) mass is 826 g/mol. The van der Waals surface area contributed by atoms with E-state index in [1.165, 1.54) is 19.3 Å². The fraction of sp³-hybridized carbons (Fsp3) is 0.442. The van der Waals surface area contributed by atoms with Crippen LogP contribution in [0.25, 0.3) is 5.00 Å². The van der Waals surface area contributed by atoms with E-state index in [2.05, 4.69) is 52.2 Å². The number of benzene rings is 2. The molecule has 15 heteroatoms. The minimum absolute atomic E-state index is 0.0201. The number of anilines is 1. The average molecular weight is 827 g/mol. The Morgan fingerprint density at radius 2 is 1.64 bits per heavy atom. The molecule has 13 nitrogen and oxygen atoms in total. The molecule has 1 fully saturated rings. The molecule has 2 aromatic heterocycles. The summed E-state index contributed by atoms with van der Waals surface area (Å²) in [7, 11) is 0. The number of fused-ring (bicyclic) bond motifs is 3. The lowest BCUT2D eigenvalue weighted by atomic mass is 9.99. The SMILES string of the molecule is CCCCCCCCCC(NC(=O)C[C@@H]1N=C(c2ccc(Cl)cc2)c2c(sc(C)c2C)-n2c(C)nnc21)C(=O)Nc1ccc(CC(=O)NC2CCC(=O)NC2=O)cc1. The van der Waals surface area contributed by atoms with Crippen LogP contribution in [0.2, 0.25) is 5.02 Å². The summed E-state index contributed by atoms with van der Waals surface area (Å²) in [5, 5.41) is 21.4. The van der Waals surface area contributed by atoms with Crippen LogP contribution >= 0.6 is 22.9 Å². The van der Waals surface area contributed by atoms with Crippen LogP contribution in [0.15, 0.2) is 53.5 Å². The van der Waals surface area contributed by atoms with Crippen molar-refractivity contribution in [2.75, 3.05) is 5.32 Å². The van der Waals surface area contributed by atoms with E-state index < -0.39 is 24.0 Å². The quantitative estimate of drug-likeness (QED) is 0.0660. The molecular formula is C43H51ClN8O5S. The van der Waals surface area contributed by atoms with Crippen molar-refractivity contribution in [3.8, 4) is 5.00 Å². The number of rotatable bonds is 17. The molecule has 306 valence electrons. The molecule has 3 atom stereocenters. The third-order valence-corrected chi connectivity index (χ3v) is 12.1. The standard InChI is InChI=1S/C43H51ClN8O5S/c1-5-6-7-8-9-10-11-12-32(41(56)45-31-19-13-28(14-20-31)23-36(54)47-33-21-22-35(53)49-42(33)57)46-37(55)24-34-40-51-50-27(4)52(40)43-38(25(2)26(3)58-43)39(48-34)29-15-17-30(44)18-16-29/h13-20,32-34H,5-12,21-24H2,1-4H3,(H,45,56)(H,46,55)(H,47,54)(H,49,53,57)/t32?,33?,34-/m0/s1. The average Bonchev–Trinajstić information content (AvgIpc) is 3.67. The lowest BCUT2D eigenvalue weighted by Crippen LogP contribution is -2.52. The lowest BCUT2D eigenvalue weighted by molar-refractivity contribution is -0.137. The number of nitrogens with one attached hydrogen (secondary N) is 4. The second-order valence-electron chi connectivity index (χ2n) is 15.1. The number of unbranched alkanes of at least 4 members (excludes halogenated alkanes) is 6. The van der Waals surface area contributed by atoms with Gasteiger partial charge in [-0.1, -0.05) is 87.7 Å². The van der Waals surface area contributed by atoms with E-state index >= 15 is 0 Å². The summed E-state index contributed by atoms with van der Waals surface area (Å²) in [4.78, 5) is 70.5. The van der Waals surface area contributed by atoms with Gasteiger partial charge in [0.15, 0.2) is 5.82 Å². The Balaban J connectivity index is 1.17. The first kappa shape index (κ1) is 42.4. The first-order chi connectivity index (χ1) is 27.9. The van der Waals surface area contributed by atoms with Gasteiger partial charge in [0.25, 0.3) is 0 Å². The first-order valence-corrected chi connectivity index (χ1v) is 21.3. The van der Waals surface area contributed by atoms with Crippen molar-refractivity contribution in [1.82, 2.24) is 30.7 Å². The number of amides is 5. The van der Waals surface area contributed by atoms with Crippen LogP contribution < -0.4 is 21.3 Å². The summed E-state index contributed by atoms with van der Waals surface area (Å²) in [6.45, 7) is 8.23. The third-order valence-electron chi connectivity index (χ3n) is 10.6. The van der Waals surface area contributed by atoms with Crippen molar-refractivity contribution < 1.29 is 24.0 Å². The topological polar surface area (TPSA) is 177 Å². The minimum Gasteiger partial charge on any atom is -0.344 e. The zero-order chi connectivity index (χ0) is 41.3. The highest BCUT2D eigenvalue weighted by Crippen LogP contribution is 2.39. The molecule has 2 aromatic carbocycles. The molecule has 0 aliphatic carbocycles. The summed E-state index contributed by atoms with van der Waals surface area (Å²) < 4.78 is 2.00. The van der Waals surface area contributed by atoms with Crippen LogP contribution in [0.5, 0.6) is 0 Å². The molecule has 1 saturated heterocycles. The van der Waals surface area contributed by atoms with Crippen LogP contribution in [-0.4, -0.2) is 62.1 Å². The fourth-order valence-electron chi connectivity index (χ4n) is 7.33. The molecule has 58 heavy (non-hydrogen) atoms. The van der Waals surface area contributed by atoms with Crippen LogP contribution in [0, 0.1) is 20.8 Å². The normalized spacial score (nSPS) is 16.7. The molecule has 2 aliphatic rings. The number of carbonyl (C=O) groups excluding carboxylic acids is 5. The molecule has 0 saturated carbocycles. The zero-order valence-electron chi connectivity index (χ0n) is 33.5. The van der Waals surface area contributed by atoms with Gasteiger partial charge in [0, 0.05) is 33.1 Å². The molecule has 4 aromatic rings. The second-order valence-corrected chi connectivity index (χ2v) is 16.7. The maximum absolute atomic E-state index is 14.0. The van der Waals surface area contributed by atoms with E-state index in [-0.39, 0.29) is 49.3 Å². The number of carbonyl (C=O) groups is 5. The Kier molecular flexibility index (Phi) is 14.2. The molecule has 0 spiro atoms. The van der Waals surface area contributed by atoms with Crippen molar-refractivity contribution in [1.29, 1.82) is 0 Å². The molecule has 0 radical (unpaired) electrons. The Bertz CT molecular complexity index is 2180. The minimum atomic E-state index is -0.807. The number of hydrogen-bond acceptors (Lipinski definition) is 9. The van der Waals surface area contributed by atoms with Crippen LogP contribution in [-0.2, 0) is 30.4 Å². The Labute approximate surface area is 347 Å². The molecule has 4 N–H and O–H groups in total. The van der Waals surface area contributed by atoms with E-state index in [1.807, 2.05) is 35.8 Å². The Hall–Kier alpha value is -5.21. The predicted molar refractivity (Wildman–Crippen MR) is 226 cm³/mol. The number of nitrogens with zero attached hydrogens (tertiary/aromatic N) is 4. The van der Waals surface area contributed by atoms with Crippen LogP contribution in [0.3, 0.4) is 0 Å². The highest BCUT2D eigenvalue weighted by Gasteiger charge is 2.33. The number of aliphatic imine (C=N–C) groups is 1. The van der Waals surface area contributed by atoms with Crippen LogP contribution in [0.4, 0.5) is 5.69 Å². The summed E-state index contributed by atoms with van der Waals surface area (Å²) in [5.74, 6) is -0.651. The van der Waals surface area contributed by atoms with Gasteiger partial charge in [-0.05, 0) is 69.0 Å². The van der Waals surface area contributed by atoms with Gasteiger partial charge in [-0.2, -0.15) is 0 Å². The van der Waals surface area contributed by atoms with E-state index in [4.69, 9.17) is 16.6 Å². The number of halogens is 1. The zero-order valence-corrected chi connectivity index (χ0v) is 35.0. The number of thiophene rings is 1. The summed E-state index contributed by atoms with van der Waals surface area (Å²) >= 11 is 7.91. The molecule has 2 unspecified atom stereocenters. The predicted octanol–water partition coefficient (Wildman–Crippen LogP) is 6.92. The molecule has 0 bridgehead atoms. The number of aryl methyl sites for hydroxylation is 2. The largest absolute Gasteiger partial charge is 0.344 e. The van der Waals surface area contributed by atoms with Gasteiger partial charge in [-0.25, -0.2) is 0 Å². The second kappa shape index (κ2) is 19.5. The van der Waals surface area contributed by atoms with Crippen molar-refractivity contribution in [2.45, 2.75) is 123 Å². The van der Waals surface area contributed by atoms with E-state index in [0.717, 1.165) is 58.0 Å². The van der Waals surface area contributed by atoms with Gasteiger partial charge < -0.3 is 16.0 Å². The van der Waals surface area contributed by atoms with Crippen molar-refractivity contribution in [2.24, 2.45) is 4.99 Å². The van der Waals surface area contributed by atoms with Crippen molar-refractivity contribution in [3.05, 3.63) is 92.3 Å².